The lowest BCUT2D eigenvalue weighted by atomic mass is 10.2. The minimum Gasteiger partial charge on any atom is -0.457 e. The first-order chi connectivity index (χ1) is 35.7. The summed E-state index contributed by atoms with van der Waals surface area (Å²) in [5.74, 6) is 4.15. The molecule has 2 aromatic heterocycles. The molecule has 4 aliphatic rings. The average Bonchev–Trinajstić information content (AvgIpc) is 4.20. The van der Waals surface area contributed by atoms with E-state index in [1.54, 1.807) is 6.20 Å². The molecule has 70 heavy (non-hydrogen) atoms. The third-order valence-corrected chi connectivity index (χ3v) is 13.3. The summed E-state index contributed by atoms with van der Waals surface area (Å²) in [5, 5.41) is 0. The second kappa shape index (κ2) is 16.9. The summed E-state index contributed by atoms with van der Waals surface area (Å²) in [4.78, 5) is 26.3. The highest BCUT2D eigenvalue weighted by Gasteiger charge is 2.32. The van der Waals surface area contributed by atoms with Crippen LogP contribution in [0.4, 0.5) is 79.9 Å². The molecule has 0 aliphatic carbocycles. The summed E-state index contributed by atoms with van der Waals surface area (Å²) < 4.78 is 37.4. The number of benzene rings is 7. The molecule has 0 fully saturated rings. The standard InChI is InChI=1S/C58H48N10O2/c1-61-37-63(52-22-4-3-21-51(52)61)43-13-7-17-47(33-43)69-50-20-10-16-46(36-50)67-40-68(58-56(67)26-12-32-60-58)42-29-27-41(28-30-42)65-39-66(54-24-6-5-23-53(54)65)45-15-9-19-49(35-45)70-48-18-8-14-44(34-48)64-38-62(2)57-55(64)25-11-31-59-57/h3-36H,37-40H2,1-2H3/i2D3. The lowest BCUT2D eigenvalue weighted by molar-refractivity contribution is 0.482. The Hall–Kier alpha value is -9.16. The quantitative estimate of drug-likeness (QED) is 0.131. The first-order valence-electron chi connectivity index (χ1n) is 24.8. The largest absolute Gasteiger partial charge is 0.457 e. The minimum atomic E-state index is -2.33. The van der Waals surface area contributed by atoms with E-state index in [1.807, 2.05) is 90.0 Å². The van der Waals surface area contributed by atoms with Crippen molar-refractivity contribution in [2.45, 2.75) is 0 Å². The smallest absolute Gasteiger partial charge is 0.158 e. The molecule has 0 saturated carbocycles. The fourth-order valence-electron chi connectivity index (χ4n) is 10.0. The van der Waals surface area contributed by atoms with Gasteiger partial charge in [0.1, 0.15) is 36.3 Å². The molecule has 0 bridgehead atoms. The number of pyridine rings is 2. The van der Waals surface area contributed by atoms with E-state index in [0.29, 0.717) is 30.7 Å². The SMILES string of the molecule is [2H]C([2H])([2H])N1CN(c2cccc(Oc3cccc(N4CN(c5ccc(N6CN(c7cccc(Oc8cccc(N9CN(C)c%10ccccc%109)c8)c7)c7cccnc76)cc5)c5ccccc54)c3)c2)c2cccnc21. The molecule has 0 unspecified atom stereocenters. The average molecular weight is 920 g/mol. The minimum absolute atomic E-state index is 0.147. The fraction of sp³-hybridized carbons (Fsp3) is 0.103. The number of fused-ring (bicyclic) bond motifs is 4. The monoisotopic (exact) mass is 919 g/mol. The first-order valence-corrected chi connectivity index (χ1v) is 23.3. The van der Waals surface area contributed by atoms with Crippen LogP contribution in [-0.4, -0.2) is 50.7 Å². The predicted molar refractivity (Wildman–Crippen MR) is 283 cm³/mol. The van der Waals surface area contributed by atoms with E-state index in [-0.39, 0.29) is 6.67 Å². The van der Waals surface area contributed by atoms with Crippen LogP contribution in [0.2, 0.25) is 0 Å². The Bertz CT molecular complexity index is 3540. The van der Waals surface area contributed by atoms with Crippen LogP contribution in [0.5, 0.6) is 23.0 Å². The highest BCUT2D eigenvalue weighted by molar-refractivity contribution is 5.89. The lowest BCUT2D eigenvalue weighted by Crippen LogP contribution is -2.25. The molecule has 4 aliphatic heterocycles. The zero-order chi connectivity index (χ0) is 49.2. The van der Waals surface area contributed by atoms with E-state index in [4.69, 9.17) is 18.6 Å². The summed E-state index contributed by atoms with van der Waals surface area (Å²) >= 11 is 0. The van der Waals surface area contributed by atoms with Gasteiger partial charge >= 0.3 is 0 Å². The van der Waals surface area contributed by atoms with Gasteiger partial charge in [-0.1, -0.05) is 48.5 Å². The molecule has 6 heterocycles. The summed E-state index contributed by atoms with van der Waals surface area (Å²) in [6.07, 6.45) is 3.47. The molecule has 0 radical (unpaired) electrons. The Labute approximate surface area is 411 Å². The van der Waals surface area contributed by atoms with Gasteiger partial charge < -0.3 is 48.7 Å². The number of aromatic nitrogens is 2. The number of anilines is 14. The summed E-state index contributed by atoms with van der Waals surface area (Å²) in [7, 11) is 2.12. The Morgan fingerprint density at radius 1 is 0.343 bits per heavy atom. The molecule has 342 valence electrons. The molecule has 0 atom stereocenters. The van der Waals surface area contributed by atoms with Crippen molar-refractivity contribution in [1.82, 2.24) is 9.97 Å². The zero-order valence-electron chi connectivity index (χ0n) is 41.2. The third-order valence-electron chi connectivity index (χ3n) is 13.3. The second-order valence-corrected chi connectivity index (χ2v) is 17.6. The lowest BCUT2D eigenvalue weighted by Gasteiger charge is -2.24. The molecule has 9 aromatic rings. The van der Waals surface area contributed by atoms with Crippen molar-refractivity contribution >= 4 is 79.9 Å². The van der Waals surface area contributed by atoms with Crippen LogP contribution in [0.1, 0.15) is 4.11 Å². The van der Waals surface area contributed by atoms with Crippen molar-refractivity contribution in [1.29, 1.82) is 0 Å². The van der Waals surface area contributed by atoms with Gasteiger partial charge in [-0.2, -0.15) is 0 Å². The predicted octanol–water partition coefficient (Wildman–Crippen LogP) is 13.6. The zero-order valence-corrected chi connectivity index (χ0v) is 38.2. The van der Waals surface area contributed by atoms with E-state index in [0.717, 1.165) is 80.9 Å². The maximum absolute atomic E-state index is 8.11. The van der Waals surface area contributed by atoms with Gasteiger partial charge in [0.15, 0.2) is 11.6 Å². The molecule has 0 N–H and O–H groups in total. The number of ether oxygens (including phenoxy) is 2. The van der Waals surface area contributed by atoms with Crippen molar-refractivity contribution in [2.75, 3.05) is 79.9 Å². The number of hydrogen-bond donors (Lipinski definition) is 0. The number of hydrogen-bond acceptors (Lipinski definition) is 12. The first kappa shape index (κ1) is 37.9. The van der Waals surface area contributed by atoms with Crippen LogP contribution >= 0.6 is 0 Å². The van der Waals surface area contributed by atoms with Crippen molar-refractivity contribution in [3.8, 4) is 23.0 Å². The van der Waals surface area contributed by atoms with Gasteiger partial charge in [0.25, 0.3) is 0 Å². The number of rotatable bonds is 10. The van der Waals surface area contributed by atoms with E-state index in [1.165, 1.54) is 16.3 Å². The molecule has 13 rings (SSSR count). The third kappa shape index (κ3) is 7.24. The van der Waals surface area contributed by atoms with Crippen LogP contribution in [0.15, 0.2) is 207 Å². The Morgan fingerprint density at radius 3 is 1.24 bits per heavy atom. The topological polar surface area (TPSA) is 70.2 Å². The summed E-state index contributed by atoms with van der Waals surface area (Å²) in [6.45, 7) is -0.252. The van der Waals surface area contributed by atoms with Crippen LogP contribution in [-0.2, 0) is 0 Å². The summed E-state index contributed by atoms with van der Waals surface area (Å²) in [5.41, 5.74) is 12.3. The van der Waals surface area contributed by atoms with Gasteiger partial charge in [-0.05, 0) is 121 Å². The van der Waals surface area contributed by atoms with Crippen molar-refractivity contribution in [2.24, 2.45) is 0 Å². The Morgan fingerprint density at radius 2 is 0.714 bits per heavy atom. The molecular formula is C58H48N10O2. The maximum Gasteiger partial charge on any atom is 0.158 e. The van der Waals surface area contributed by atoms with Gasteiger partial charge in [0, 0.05) is 88.9 Å². The van der Waals surface area contributed by atoms with E-state index in [9.17, 15) is 0 Å². The Balaban J connectivity index is 0.712. The molecule has 12 nitrogen and oxygen atoms in total. The van der Waals surface area contributed by atoms with Crippen LogP contribution in [0.3, 0.4) is 0 Å². The number of para-hydroxylation sites is 4. The highest BCUT2D eigenvalue weighted by atomic mass is 16.5. The van der Waals surface area contributed by atoms with Crippen LogP contribution in [0.25, 0.3) is 0 Å². The molecule has 7 aromatic carbocycles. The van der Waals surface area contributed by atoms with Crippen molar-refractivity contribution in [3.63, 3.8) is 0 Å². The molecule has 0 spiro atoms. The summed E-state index contributed by atoms with van der Waals surface area (Å²) in [6, 6.07) is 65.8. The normalized spacial score (nSPS) is 15.4. The second-order valence-electron chi connectivity index (χ2n) is 17.6. The van der Waals surface area contributed by atoms with Gasteiger partial charge in [-0.25, -0.2) is 9.97 Å². The number of nitrogens with zero attached hydrogens (tertiary/aromatic N) is 10. The van der Waals surface area contributed by atoms with Gasteiger partial charge in [0.2, 0.25) is 0 Å². The van der Waals surface area contributed by atoms with Crippen LogP contribution in [0, 0.1) is 0 Å². The highest BCUT2D eigenvalue weighted by Crippen LogP contribution is 2.48. The van der Waals surface area contributed by atoms with Gasteiger partial charge in [0.05, 0.1) is 47.5 Å². The van der Waals surface area contributed by atoms with Crippen molar-refractivity contribution < 1.29 is 13.6 Å². The molecular weight excluding hydrogens is 869 g/mol. The fourth-order valence-corrected chi connectivity index (χ4v) is 10.0. The van der Waals surface area contributed by atoms with E-state index in [2.05, 4.69) is 157 Å². The molecule has 0 amide bonds. The van der Waals surface area contributed by atoms with Gasteiger partial charge in [-0.15, -0.1) is 0 Å². The maximum atomic E-state index is 8.11. The Kier molecular flexibility index (Phi) is 9.12. The van der Waals surface area contributed by atoms with Crippen molar-refractivity contribution in [3.05, 3.63) is 207 Å². The molecule has 0 saturated heterocycles. The van der Waals surface area contributed by atoms with E-state index >= 15 is 0 Å². The van der Waals surface area contributed by atoms with E-state index < -0.39 is 6.98 Å². The van der Waals surface area contributed by atoms with Gasteiger partial charge in [-0.3, -0.25) is 0 Å². The molecule has 12 heteroatoms. The van der Waals surface area contributed by atoms with Crippen LogP contribution < -0.4 is 48.7 Å².